The quantitative estimate of drug-likeness (QED) is 0.383. The lowest BCUT2D eigenvalue weighted by atomic mass is 9.85. The number of nitrogens with zero attached hydrogens (tertiary/aromatic N) is 1. The molecule has 2 aromatic rings. The van der Waals surface area contributed by atoms with Crippen molar-refractivity contribution in [3.05, 3.63) is 53.2 Å². The highest BCUT2D eigenvalue weighted by atomic mass is 33.5. The van der Waals surface area contributed by atoms with Crippen LogP contribution < -0.4 is 0 Å². The maximum absolute atomic E-state index is 12.0. The van der Waals surface area contributed by atoms with Gasteiger partial charge in [-0.25, -0.2) is 0 Å². The Hall–Kier alpha value is 1.89. The predicted molar refractivity (Wildman–Crippen MR) is 203 cm³/mol. The van der Waals surface area contributed by atoms with E-state index in [1.54, 1.807) is 152 Å². The fourth-order valence-corrected chi connectivity index (χ4v) is 43.5. The molecule has 0 radical (unpaired) electrons. The summed E-state index contributed by atoms with van der Waals surface area (Å²) in [5.41, 5.74) is 3.07. The van der Waals surface area contributed by atoms with Crippen LogP contribution in [0.1, 0.15) is 26.3 Å². The molecular weight excluding hydrogens is 823 g/mol. The van der Waals surface area contributed by atoms with Crippen molar-refractivity contribution in [2.75, 3.05) is 0 Å². The lowest BCUT2D eigenvalue weighted by molar-refractivity contribution is 0.0814. The minimum absolute atomic E-state index is 0.399. The molecule has 1 aromatic carbocycles. The van der Waals surface area contributed by atoms with Crippen molar-refractivity contribution in [1.29, 1.82) is 0 Å². The van der Waals surface area contributed by atoms with Crippen molar-refractivity contribution in [2.24, 2.45) is 0 Å². The van der Waals surface area contributed by atoms with Gasteiger partial charge in [0.2, 0.25) is 11.6 Å². The maximum atomic E-state index is 12.0. The third-order valence-corrected chi connectivity index (χ3v) is 39.0. The number of hydrogen-bond donors (Lipinski definition) is 0. The van der Waals surface area contributed by atoms with E-state index in [9.17, 15) is 9.59 Å². The molecule has 0 unspecified atom stereocenters. The molecule has 22 heteroatoms. The van der Waals surface area contributed by atoms with Crippen molar-refractivity contribution in [2.45, 2.75) is 6.92 Å². The van der Waals surface area contributed by atoms with Crippen LogP contribution in [0, 0.1) is 6.92 Å². The molecule has 0 spiro atoms. The van der Waals surface area contributed by atoms with Crippen molar-refractivity contribution in [3.63, 3.8) is 0 Å². The van der Waals surface area contributed by atoms with E-state index in [4.69, 9.17) is 22.4 Å². The van der Waals surface area contributed by atoms with Gasteiger partial charge in [-0.15, -0.1) is 0 Å². The van der Waals surface area contributed by atoms with Crippen molar-refractivity contribution < 1.29 is 9.59 Å². The number of aryl methyl sites for hydroxylation is 1. The molecule has 0 bridgehead atoms. The van der Waals surface area contributed by atoms with Crippen molar-refractivity contribution in [1.82, 2.24) is 4.98 Å². The Morgan fingerprint density at radius 3 is 1.50 bits per heavy atom. The molecule has 1 heterocycles. The zero-order valence-corrected chi connectivity index (χ0v) is 32.5. The molecule has 3 rings (SSSR count). The van der Waals surface area contributed by atoms with E-state index in [0.29, 0.717) is 16.8 Å². The van der Waals surface area contributed by atoms with E-state index in [1.165, 1.54) is 17.8 Å². The first kappa shape index (κ1) is 34.1. The van der Waals surface area contributed by atoms with Gasteiger partial charge in [-0.05, 0) is 24.6 Å². The van der Waals surface area contributed by atoms with E-state index in [2.05, 4.69) is 4.98 Å². The Labute approximate surface area is 266 Å². The summed E-state index contributed by atoms with van der Waals surface area (Å²) in [6.07, 6.45) is 1.63. The SMILES string of the molecule is Cc1cccc2c1C(=O)C(=O)c1cccnc1-2.S=S=S=S=S=S=S=S=S=S=S=S=S=S=S=S=S=S=S. The molecule has 0 saturated heterocycles. The van der Waals surface area contributed by atoms with Gasteiger partial charge in [-0.2, -0.15) is 0 Å². The molecule has 3 nitrogen and oxygen atoms in total. The Bertz CT molecular complexity index is 1860. The van der Waals surface area contributed by atoms with Crippen molar-refractivity contribution >= 4 is 185 Å². The number of rotatable bonds is 0. The lowest BCUT2D eigenvalue weighted by Crippen LogP contribution is -2.22. The summed E-state index contributed by atoms with van der Waals surface area (Å²) < 4.78 is 0. The third-order valence-electron chi connectivity index (χ3n) is 3.46. The van der Waals surface area contributed by atoms with Crippen LogP contribution in [0.3, 0.4) is 0 Å². The first-order chi connectivity index (χ1) is 17.6. The summed E-state index contributed by atoms with van der Waals surface area (Å²) in [7, 11) is 29.0. The van der Waals surface area contributed by atoms with E-state index in [1.807, 2.05) is 25.1 Å². The monoisotopic (exact) mass is 831 g/mol. The molecule has 36 heavy (non-hydrogen) atoms. The Morgan fingerprint density at radius 1 is 0.583 bits per heavy atom. The molecule has 1 aliphatic rings. The minimum Gasteiger partial charge on any atom is -0.285 e. The van der Waals surface area contributed by atoms with Crippen LogP contribution >= 0.6 is 0 Å². The highest BCUT2D eigenvalue weighted by Gasteiger charge is 2.31. The number of carbonyl (C=O) groups excluding carboxylic acids is 2. The Kier molecular flexibility index (Phi) is 20.5. The lowest BCUT2D eigenvalue weighted by Gasteiger charge is -2.17. The number of pyridine rings is 1. The fourth-order valence-electron chi connectivity index (χ4n) is 2.38. The van der Waals surface area contributed by atoms with Crippen LogP contribution in [-0.2, 0) is 173 Å². The summed E-state index contributed by atoms with van der Waals surface area (Å²) in [6, 6.07) is 8.85. The van der Waals surface area contributed by atoms with E-state index in [-0.39, 0.29) is 0 Å². The van der Waals surface area contributed by atoms with Gasteiger partial charge in [0.25, 0.3) is 0 Å². The van der Waals surface area contributed by atoms with Crippen LogP contribution in [0.15, 0.2) is 36.5 Å². The number of aromatic nitrogens is 1. The van der Waals surface area contributed by atoms with Gasteiger partial charge in [0.1, 0.15) is 0 Å². The largest absolute Gasteiger partial charge is 0.285 e. The topological polar surface area (TPSA) is 47.0 Å². The van der Waals surface area contributed by atoms with Gasteiger partial charge >= 0.3 is 0 Å². The van der Waals surface area contributed by atoms with Crippen molar-refractivity contribution in [3.8, 4) is 11.3 Å². The highest BCUT2D eigenvalue weighted by molar-refractivity contribution is 8.78. The van der Waals surface area contributed by atoms with Gasteiger partial charge in [0.05, 0.1) is 11.3 Å². The standard InChI is InChI=1S/C14H9NO2.S19/c1-8-4-2-5-9-11(8)14(17)13(16)10-6-3-7-15-12(9)10;1-3-5-7-9-11-13-15-17-19-18-16-14-12-10-8-6-4-2/h2-7H,1H3;. The molecule has 196 valence electrons. The van der Waals surface area contributed by atoms with Crippen LogP contribution in [0.5, 0.6) is 0 Å². The fraction of sp³-hybridized carbons (Fsp3) is 0.0714. The molecule has 0 fully saturated rings. The second-order valence-corrected chi connectivity index (χ2v) is 35.3. The molecule has 0 saturated carbocycles. The summed E-state index contributed by atoms with van der Waals surface area (Å²) in [5, 5.41) is 0. The smallest absolute Gasteiger partial charge is 0.235 e. The number of ketones is 2. The number of fused-ring (bicyclic) bond motifs is 3. The van der Waals surface area contributed by atoms with Crippen LogP contribution in [0.4, 0.5) is 0 Å². The highest BCUT2D eigenvalue weighted by Crippen LogP contribution is 2.33. The molecule has 1 aromatic heterocycles. The van der Waals surface area contributed by atoms with Gasteiger partial charge in [0, 0.05) is 191 Å². The maximum Gasteiger partial charge on any atom is 0.235 e. The summed E-state index contributed by atoms with van der Waals surface area (Å²) in [4.78, 5) is 28.2. The van der Waals surface area contributed by atoms with Crippen LogP contribution in [-0.4, -0.2) is 16.6 Å². The number of benzene rings is 1. The Morgan fingerprint density at radius 2 is 1.03 bits per heavy atom. The van der Waals surface area contributed by atoms with Gasteiger partial charge in [-0.3, -0.25) is 14.6 Å². The second-order valence-electron chi connectivity index (χ2n) is 5.21. The number of hydrogen-bond acceptors (Lipinski definition) is 5. The first-order valence-corrected chi connectivity index (χ1v) is 32.3. The molecule has 1 aliphatic carbocycles. The molecule has 0 amide bonds. The molecular formula is C14H9NO2S19. The van der Waals surface area contributed by atoms with E-state index in [0.717, 1.165) is 11.1 Å². The van der Waals surface area contributed by atoms with Crippen LogP contribution in [0.25, 0.3) is 11.3 Å². The second kappa shape index (κ2) is 21.6. The molecule has 0 atom stereocenters. The van der Waals surface area contributed by atoms with Gasteiger partial charge in [0.15, 0.2) is 0 Å². The van der Waals surface area contributed by atoms with Crippen LogP contribution in [0.2, 0.25) is 0 Å². The van der Waals surface area contributed by atoms with E-state index < -0.39 is 11.6 Å². The minimum atomic E-state index is -0.463. The summed E-state index contributed by atoms with van der Waals surface area (Å²) in [5.74, 6) is -0.895. The molecule has 0 aliphatic heterocycles. The van der Waals surface area contributed by atoms with E-state index >= 15 is 0 Å². The number of Topliss-reactive ketones (excluding diaryl/α,β-unsaturated/α-hetero) is 2. The zero-order chi connectivity index (χ0) is 26.0. The summed E-state index contributed by atoms with van der Waals surface area (Å²) >= 11 is 9.50. The normalized spacial score (nSPS) is 10.1. The van der Waals surface area contributed by atoms with Gasteiger partial charge in [-0.1, -0.05) is 18.2 Å². The predicted octanol–water partition coefficient (Wildman–Crippen LogP) is 2.39. The zero-order valence-electron chi connectivity index (χ0n) is 17.0. The summed E-state index contributed by atoms with van der Waals surface area (Å²) in [6.45, 7) is 1.83. The average Bonchev–Trinajstić information content (AvgIpc) is 2.90. The number of carbonyl (C=O) groups is 2. The first-order valence-electron chi connectivity index (χ1n) is 8.34. The Balaban J connectivity index is 0.000000254. The third kappa shape index (κ3) is 12.6. The van der Waals surface area contributed by atoms with Gasteiger partial charge < -0.3 is 0 Å². The molecule has 0 N–H and O–H groups in total. The average molecular weight is 833 g/mol.